The van der Waals surface area contributed by atoms with Crippen molar-refractivity contribution in [3.63, 3.8) is 0 Å². The van der Waals surface area contributed by atoms with Gasteiger partial charge < -0.3 is 10.6 Å². The Kier molecular flexibility index (Phi) is 4.08. The molecule has 0 aromatic heterocycles. The van der Waals surface area contributed by atoms with Gasteiger partial charge in [0.15, 0.2) is 0 Å². The highest BCUT2D eigenvalue weighted by molar-refractivity contribution is 5.73. The van der Waals surface area contributed by atoms with Gasteiger partial charge in [-0.15, -0.1) is 0 Å². The molecule has 1 aliphatic heterocycles. The van der Waals surface area contributed by atoms with Crippen molar-refractivity contribution in [2.45, 2.75) is 38.6 Å². The third-order valence-corrected chi connectivity index (χ3v) is 2.20. The molecule has 3 nitrogen and oxygen atoms in total. The fourth-order valence-corrected chi connectivity index (χ4v) is 1.61. The van der Waals surface area contributed by atoms with Crippen LogP contribution in [-0.2, 0) is 4.79 Å². The van der Waals surface area contributed by atoms with Crippen LogP contribution in [0.1, 0.15) is 32.6 Å². The monoisotopic (exact) mass is 170 g/mol. The lowest BCUT2D eigenvalue weighted by atomic mass is 10.1. The van der Waals surface area contributed by atoms with E-state index < -0.39 is 0 Å². The molecule has 0 radical (unpaired) electrons. The number of carbonyl (C=O) groups is 1. The van der Waals surface area contributed by atoms with Crippen LogP contribution in [0.3, 0.4) is 0 Å². The smallest absolute Gasteiger partial charge is 0.217 e. The molecule has 70 valence electrons. The zero-order valence-corrected chi connectivity index (χ0v) is 7.73. The van der Waals surface area contributed by atoms with Gasteiger partial charge >= 0.3 is 0 Å². The molecule has 1 heterocycles. The predicted molar refractivity (Wildman–Crippen MR) is 48.9 cm³/mol. The topological polar surface area (TPSA) is 41.1 Å². The average molecular weight is 170 g/mol. The maximum absolute atomic E-state index is 10.8. The van der Waals surface area contributed by atoms with E-state index in [-0.39, 0.29) is 5.91 Å². The van der Waals surface area contributed by atoms with Crippen molar-refractivity contribution >= 4 is 5.91 Å². The molecular weight excluding hydrogens is 152 g/mol. The number of hydrogen-bond donors (Lipinski definition) is 2. The van der Waals surface area contributed by atoms with Crippen molar-refractivity contribution in [1.82, 2.24) is 10.6 Å². The molecule has 0 aliphatic carbocycles. The van der Waals surface area contributed by atoms with Gasteiger partial charge in [-0.1, -0.05) is 12.8 Å². The van der Waals surface area contributed by atoms with Crippen molar-refractivity contribution in [3.8, 4) is 0 Å². The highest BCUT2D eigenvalue weighted by Crippen LogP contribution is 2.05. The standard InChI is InChI=1S/C9H18N2O/c1-8(12)11-9-5-3-2-4-6-10-7-9/h9-10H,2-7H2,1H3,(H,11,12)/t9-/m1/s1. The fourth-order valence-electron chi connectivity index (χ4n) is 1.61. The van der Waals surface area contributed by atoms with Crippen molar-refractivity contribution in [2.24, 2.45) is 0 Å². The molecule has 1 saturated heterocycles. The lowest BCUT2D eigenvalue weighted by molar-refractivity contribution is -0.119. The molecule has 1 rings (SSSR count). The number of amides is 1. The van der Waals surface area contributed by atoms with Crippen LogP contribution in [0.15, 0.2) is 0 Å². The number of rotatable bonds is 1. The molecule has 1 atom stereocenters. The molecule has 0 saturated carbocycles. The minimum atomic E-state index is 0.0855. The highest BCUT2D eigenvalue weighted by Gasteiger charge is 2.10. The Balaban J connectivity index is 2.24. The molecule has 0 unspecified atom stereocenters. The summed E-state index contributed by atoms with van der Waals surface area (Å²) >= 11 is 0. The normalized spacial score (nSPS) is 25.6. The van der Waals surface area contributed by atoms with Crippen LogP contribution in [0, 0.1) is 0 Å². The number of nitrogens with one attached hydrogen (secondary N) is 2. The van der Waals surface area contributed by atoms with E-state index in [9.17, 15) is 4.79 Å². The van der Waals surface area contributed by atoms with Gasteiger partial charge in [-0.2, -0.15) is 0 Å². The van der Waals surface area contributed by atoms with Crippen molar-refractivity contribution in [1.29, 1.82) is 0 Å². The Bertz CT molecular complexity index is 139. The first-order valence-electron chi connectivity index (χ1n) is 4.77. The second-order valence-corrected chi connectivity index (χ2v) is 3.45. The summed E-state index contributed by atoms with van der Waals surface area (Å²) in [6.07, 6.45) is 4.91. The van der Waals surface area contributed by atoms with Crippen LogP contribution >= 0.6 is 0 Å². The van der Waals surface area contributed by atoms with E-state index in [0.717, 1.165) is 19.5 Å². The van der Waals surface area contributed by atoms with Crippen LogP contribution in [-0.4, -0.2) is 25.0 Å². The summed E-state index contributed by atoms with van der Waals surface area (Å²) in [7, 11) is 0. The zero-order valence-electron chi connectivity index (χ0n) is 7.73. The lowest BCUT2D eigenvalue weighted by Gasteiger charge is -2.20. The van der Waals surface area contributed by atoms with Crippen LogP contribution in [0.5, 0.6) is 0 Å². The van der Waals surface area contributed by atoms with Gasteiger partial charge in [0.1, 0.15) is 0 Å². The quantitative estimate of drug-likeness (QED) is 0.607. The molecule has 0 aromatic carbocycles. The molecule has 0 bridgehead atoms. The van der Waals surface area contributed by atoms with Crippen LogP contribution in [0.2, 0.25) is 0 Å². The van der Waals surface area contributed by atoms with Gasteiger partial charge in [0, 0.05) is 19.5 Å². The maximum atomic E-state index is 10.8. The third-order valence-electron chi connectivity index (χ3n) is 2.20. The largest absolute Gasteiger partial charge is 0.352 e. The van der Waals surface area contributed by atoms with Gasteiger partial charge in [-0.25, -0.2) is 0 Å². The lowest BCUT2D eigenvalue weighted by Crippen LogP contribution is -2.42. The molecule has 0 aromatic rings. The van der Waals surface area contributed by atoms with E-state index in [2.05, 4.69) is 10.6 Å². The first kappa shape index (κ1) is 9.52. The molecule has 1 aliphatic rings. The summed E-state index contributed by atoms with van der Waals surface area (Å²) in [6.45, 7) is 3.61. The van der Waals surface area contributed by atoms with Gasteiger partial charge in [0.2, 0.25) is 5.91 Å². The third kappa shape index (κ3) is 3.72. The number of hydrogen-bond acceptors (Lipinski definition) is 2. The van der Waals surface area contributed by atoms with E-state index in [1.54, 1.807) is 6.92 Å². The van der Waals surface area contributed by atoms with E-state index in [0.29, 0.717) is 6.04 Å². The average Bonchev–Trinajstić information content (AvgIpc) is 1.93. The summed E-state index contributed by atoms with van der Waals surface area (Å²) in [5.74, 6) is 0.0855. The minimum absolute atomic E-state index is 0.0855. The number of carbonyl (C=O) groups excluding carboxylic acids is 1. The summed E-state index contributed by atoms with van der Waals surface area (Å²) in [5.41, 5.74) is 0. The predicted octanol–water partition coefficient (Wildman–Crippen LogP) is 0.655. The SMILES string of the molecule is CC(=O)N[C@@H]1CCCCCNC1. The van der Waals surface area contributed by atoms with Gasteiger partial charge in [-0.3, -0.25) is 4.79 Å². The Labute approximate surface area is 73.9 Å². The van der Waals surface area contributed by atoms with E-state index >= 15 is 0 Å². The fraction of sp³-hybridized carbons (Fsp3) is 0.889. The molecule has 2 N–H and O–H groups in total. The Morgan fingerprint density at radius 2 is 2.25 bits per heavy atom. The van der Waals surface area contributed by atoms with Crippen LogP contribution in [0.25, 0.3) is 0 Å². The first-order valence-corrected chi connectivity index (χ1v) is 4.77. The summed E-state index contributed by atoms with van der Waals surface area (Å²) in [6, 6.07) is 0.350. The second-order valence-electron chi connectivity index (χ2n) is 3.45. The molecule has 1 fully saturated rings. The van der Waals surface area contributed by atoms with E-state index in [1.807, 2.05) is 0 Å². The molecule has 3 heteroatoms. The van der Waals surface area contributed by atoms with E-state index in [4.69, 9.17) is 0 Å². The van der Waals surface area contributed by atoms with E-state index in [1.165, 1.54) is 19.3 Å². The maximum Gasteiger partial charge on any atom is 0.217 e. The van der Waals surface area contributed by atoms with Crippen molar-refractivity contribution < 1.29 is 4.79 Å². The van der Waals surface area contributed by atoms with Crippen LogP contribution < -0.4 is 10.6 Å². The molecule has 0 spiro atoms. The highest BCUT2D eigenvalue weighted by atomic mass is 16.1. The summed E-state index contributed by atoms with van der Waals surface area (Å²) < 4.78 is 0. The Morgan fingerprint density at radius 3 is 3.00 bits per heavy atom. The molecule has 1 amide bonds. The minimum Gasteiger partial charge on any atom is -0.352 e. The van der Waals surface area contributed by atoms with Crippen molar-refractivity contribution in [2.75, 3.05) is 13.1 Å². The Hall–Kier alpha value is -0.570. The van der Waals surface area contributed by atoms with Crippen molar-refractivity contribution in [3.05, 3.63) is 0 Å². The molecular formula is C9H18N2O. The van der Waals surface area contributed by atoms with Gasteiger partial charge in [0.05, 0.1) is 0 Å². The molecule has 12 heavy (non-hydrogen) atoms. The first-order chi connectivity index (χ1) is 5.79. The van der Waals surface area contributed by atoms with Crippen LogP contribution in [0.4, 0.5) is 0 Å². The van der Waals surface area contributed by atoms with Gasteiger partial charge in [0.25, 0.3) is 0 Å². The zero-order chi connectivity index (χ0) is 8.81. The van der Waals surface area contributed by atoms with Gasteiger partial charge in [-0.05, 0) is 19.4 Å². The second kappa shape index (κ2) is 5.14. The Morgan fingerprint density at radius 1 is 1.42 bits per heavy atom. The summed E-state index contributed by atoms with van der Waals surface area (Å²) in [4.78, 5) is 10.8. The summed E-state index contributed by atoms with van der Waals surface area (Å²) in [5, 5.41) is 6.28.